The Morgan fingerprint density at radius 3 is 1.05 bits per heavy atom. The molecule has 0 saturated carbocycles. The average molecular weight is 719 g/mol. The fraction of sp³-hybridized carbons (Fsp3) is 0.0385. The molecule has 0 radical (unpaired) electrons. The van der Waals surface area contributed by atoms with Gasteiger partial charge in [-0.1, -0.05) is 170 Å². The quantitative estimate of drug-likeness (QED) is 0.168. The van der Waals surface area contributed by atoms with E-state index in [2.05, 4.69) is 227 Å². The number of hydrogen-bond acceptors (Lipinski definition) is 4. The van der Waals surface area contributed by atoms with Crippen molar-refractivity contribution in [2.24, 2.45) is 0 Å². The molecule has 0 aromatic heterocycles. The summed E-state index contributed by atoms with van der Waals surface area (Å²) in [6.45, 7) is 0. The van der Waals surface area contributed by atoms with Crippen LogP contribution in [0.4, 0.5) is 0 Å². The summed E-state index contributed by atoms with van der Waals surface area (Å²) in [7, 11) is 0. The van der Waals surface area contributed by atoms with Gasteiger partial charge in [-0.05, 0) is 90.4 Å². The topological polar surface area (TPSA) is 30.5 Å². The summed E-state index contributed by atoms with van der Waals surface area (Å²) in [5.74, 6) is 0. The molecule has 7 aromatic carbocycles. The molecular weight excluding hydrogens is 681 g/mol. The first-order valence-electron chi connectivity index (χ1n) is 19.3. The van der Waals surface area contributed by atoms with Gasteiger partial charge in [-0.3, -0.25) is 0 Å². The third-order valence-corrected chi connectivity index (χ3v) is 11.4. The van der Waals surface area contributed by atoms with Crippen molar-refractivity contribution < 1.29 is 0 Å². The maximum Gasteiger partial charge on any atom is 0.123 e. The normalized spacial score (nSPS) is 18.1. The van der Waals surface area contributed by atoms with Crippen LogP contribution >= 0.6 is 0 Å². The van der Waals surface area contributed by atoms with E-state index >= 15 is 0 Å². The lowest BCUT2D eigenvalue weighted by Gasteiger charge is -2.28. The predicted molar refractivity (Wildman–Crippen MR) is 233 cm³/mol. The van der Waals surface area contributed by atoms with Gasteiger partial charge in [0.1, 0.15) is 12.3 Å². The van der Waals surface area contributed by atoms with Gasteiger partial charge >= 0.3 is 0 Å². The third-order valence-electron chi connectivity index (χ3n) is 11.4. The SMILES string of the molecule is C1=CC2NC(c3ccc(-c4c5ccccc5c(-c5ccc(C6=CN7C(c8ccccc8)=CC=CC7N6)cc5)c5ccccc45)cc3)=CN2C(c2ccccc2)=C1. The van der Waals surface area contributed by atoms with Gasteiger partial charge in [-0.2, -0.15) is 0 Å². The van der Waals surface area contributed by atoms with Crippen LogP contribution in [0.15, 0.2) is 207 Å². The van der Waals surface area contributed by atoms with E-state index in [0.29, 0.717) is 0 Å². The van der Waals surface area contributed by atoms with E-state index in [9.17, 15) is 0 Å². The second-order valence-electron chi connectivity index (χ2n) is 14.7. The number of allylic oxidation sites excluding steroid dienone is 4. The second kappa shape index (κ2) is 13.2. The van der Waals surface area contributed by atoms with Crippen LogP contribution < -0.4 is 10.6 Å². The molecule has 4 heteroatoms. The second-order valence-corrected chi connectivity index (χ2v) is 14.7. The Kier molecular flexibility index (Phi) is 7.59. The zero-order valence-corrected chi connectivity index (χ0v) is 30.7. The van der Waals surface area contributed by atoms with Crippen molar-refractivity contribution >= 4 is 44.3 Å². The fourth-order valence-electron chi connectivity index (χ4n) is 8.77. The monoisotopic (exact) mass is 718 g/mol. The van der Waals surface area contributed by atoms with E-state index in [-0.39, 0.29) is 12.3 Å². The van der Waals surface area contributed by atoms with Crippen molar-refractivity contribution in [3.8, 4) is 22.3 Å². The van der Waals surface area contributed by atoms with Gasteiger partial charge in [-0.25, -0.2) is 0 Å². The molecular formula is C52H38N4. The van der Waals surface area contributed by atoms with Crippen molar-refractivity contribution in [3.05, 3.63) is 229 Å². The smallest absolute Gasteiger partial charge is 0.123 e. The number of nitrogens with zero attached hydrogens (tertiary/aromatic N) is 2. The number of benzene rings is 7. The Labute approximate surface area is 327 Å². The molecule has 2 unspecified atom stereocenters. The molecule has 0 amide bonds. The van der Waals surface area contributed by atoms with Crippen molar-refractivity contribution in [3.63, 3.8) is 0 Å². The first kappa shape index (κ1) is 32.2. The number of hydrogen-bond donors (Lipinski definition) is 2. The Balaban J connectivity index is 0.934. The summed E-state index contributed by atoms with van der Waals surface area (Å²) in [6, 6.07) is 57.1. The highest BCUT2D eigenvalue weighted by atomic mass is 15.3. The molecule has 7 aromatic rings. The van der Waals surface area contributed by atoms with Crippen LogP contribution in [0.5, 0.6) is 0 Å². The maximum atomic E-state index is 3.74. The number of rotatable bonds is 6. The highest BCUT2D eigenvalue weighted by molar-refractivity contribution is 6.21. The van der Waals surface area contributed by atoms with Gasteiger partial charge < -0.3 is 20.4 Å². The number of nitrogens with one attached hydrogen (secondary N) is 2. The summed E-state index contributed by atoms with van der Waals surface area (Å²) in [5.41, 5.74) is 14.3. The van der Waals surface area contributed by atoms with Gasteiger partial charge in [-0.15, -0.1) is 0 Å². The summed E-state index contributed by atoms with van der Waals surface area (Å²) in [4.78, 5) is 4.65. The molecule has 0 fully saturated rings. The van der Waals surface area contributed by atoms with Gasteiger partial charge in [0, 0.05) is 12.4 Å². The van der Waals surface area contributed by atoms with Crippen LogP contribution in [0.1, 0.15) is 22.3 Å². The average Bonchev–Trinajstić information content (AvgIpc) is 3.92. The lowest BCUT2D eigenvalue weighted by atomic mass is 9.85. The molecule has 0 spiro atoms. The minimum Gasteiger partial charge on any atom is -0.360 e. The molecule has 56 heavy (non-hydrogen) atoms. The molecule has 4 heterocycles. The predicted octanol–water partition coefficient (Wildman–Crippen LogP) is 11.6. The summed E-state index contributed by atoms with van der Waals surface area (Å²) >= 11 is 0. The molecule has 4 aliphatic rings. The third kappa shape index (κ3) is 5.38. The zero-order valence-electron chi connectivity index (χ0n) is 30.7. The summed E-state index contributed by atoms with van der Waals surface area (Å²) < 4.78 is 0. The Morgan fingerprint density at radius 2 is 0.679 bits per heavy atom. The zero-order chi connectivity index (χ0) is 37.0. The molecule has 2 N–H and O–H groups in total. The maximum absolute atomic E-state index is 3.74. The van der Waals surface area contributed by atoms with Crippen molar-refractivity contribution in [2.75, 3.05) is 0 Å². The van der Waals surface area contributed by atoms with E-state index in [0.717, 1.165) is 11.4 Å². The van der Waals surface area contributed by atoms with Crippen LogP contribution in [-0.2, 0) is 0 Å². The van der Waals surface area contributed by atoms with Crippen LogP contribution in [0.2, 0.25) is 0 Å². The fourth-order valence-corrected chi connectivity index (χ4v) is 8.77. The van der Waals surface area contributed by atoms with Gasteiger partial charge in [0.25, 0.3) is 0 Å². The molecule has 0 bridgehead atoms. The first-order valence-corrected chi connectivity index (χ1v) is 19.3. The molecule has 4 aliphatic heterocycles. The van der Waals surface area contributed by atoms with E-state index in [1.54, 1.807) is 0 Å². The standard InChI is InChI=1S/C52H38N4/c1-3-13-37(14-4-1)47-21-11-23-49-53-45(33-55(47)49)35-25-29-39(30-26-35)51-41-17-7-9-19-43(41)52(44-20-10-8-18-42(44)51)40-31-27-36(28-32-40)46-34-56-48(22-12-24-50(56)54-46)38-15-5-2-6-16-38/h1-34,49-50,53-54H. The largest absolute Gasteiger partial charge is 0.360 e. The molecule has 0 aliphatic carbocycles. The molecule has 2 atom stereocenters. The lowest BCUT2D eigenvalue weighted by Crippen LogP contribution is -2.34. The Hall–Kier alpha value is -7.30. The van der Waals surface area contributed by atoms with Crippen LogP contribution in [0, 0.1) is 0 Å². The minimum absolute atomic E-state index is 0.0920. The van der Waals surface area contributed by atoms with E-state index in [1.807, 2.05) is 0 Å². The molecule has 4 nitrogen and oxygen atoms in total. The Bertz CT molecular complexity index is 2590. The minimum atomic E-state index is 0.0920. The first-order chi connectivity index (χ1) is 27.8. The molecule has 266 valence electrons. The van der Waals surface area contributed by atoms with Gasteiger partial charge in [0.05, 0.1) is 22.8 Å². The van der Waals surface area contributed by atoms with Crippen molar-refractivity contribution in [1.29, 1.82) is 0 Å². The highest BCUT2D eigenvalue weighted by Gasteiger charge is 2.29. The molecule has 11 rings (SSSR count). The lowest BCUT2D eigenvalue weighted by molar-refractivity contribution is 0.448. The van der Waals surface area contributed by atoms with Gasteiger partial charge in [0.2, 0.25) is 0 Å². The van der Waals surface area contributed by atoms with Crippen molar-refractivity contribution in [2.45, 2.75) is 12.3 Å². The van der Waals surface area contributed by atoms with Crippen LogP contribution in [0.25, 0.3) is 66.6 Å². The summed E-state index contributed by atoms with van der Waals surface area (Å²) in [6.07, 6.45) is 17.8. The van der Waals surface area contributed by atoms with Crippen LogP contribution in [0.3, 0.4) is 0 Å². The van der Waals surface area contributed by atoms with Crippen molar-refractivity contribution in [1.82, 2.24) is 20.4 Å². The van der Waals surface area contributed by atoms with E-state index in [1.165, 1.54) is 77.4 Å². The molecule has 0 saturated heterocycles. The van der Waals surface area contributed by atoms with Crippen LogP contribution in [-0.4, -0.2) is 22.1 Å². The van der Waals surface area contributed by atoms with E-state index < -0.39 is 0 Å². The van der Waals surface area contributed by atoms with Gasteiger partial charge in [0.15, 0.2) is 0 Å². The Morgan fingerprint density at radius 1 is 0.339 bits per heavy atom. The highest BCUT2D eigenvalue weighted by Crippen LogP contribution is 2.44. The summed E-state index contributed by atoms with van der Waals surface area (Å²) in [5, 5.41) is 12.5. The number of fused-ring (bicyclic) bond motifs is 4. The van der Waals surface area contributed by atoms with E-state index in [4.69, 9.17) is 0 Å².